The second-order valence-corrected chi connectivity index (χ2v) is 5.21. The number of nitrogens with zero attached hydrogens (tertiary/aromatic N) is 2. The zero-order valence-corrected chi connectivity index (χ0v) is 11.8. The molecule has 2 aromatic heterocycles. The largest absolute Gasteiger partial charge is 0.291 e. The summed E-state index contributed by atoms with van der Waals surface area (Å²) in [5.74, 6) is 0.314. The molecule has 0 spiro atoms. The van der Waals surface area contributed by atoms with Crippen LogP contribution in [0.2, 0.25) is 0 Å². The first-order valence-electron chi connectivity index (χ1n) is 6.31. The Morgan fingerprint density at radius 3 is 2.81 bits per heavy atom. The van der Waals surface area contributed by atoms with E-state index in [0.717, 1.165) is 10.4 Å². The smallest absolute Gasteiger partial charge is 0.252 e. The van der Waals surface area contributed by atoms with Crippen molar-refractivity contribution in [2.75, 3.05) is 5.43 Å². The van der Waals surface area contributed by atoms with Crippen molar-refractivity contribution >= 4 is 23.5 Å². The number of hydrazone groups is 1. The van der Waals surface area contributed by atoms with Crippen molar-refractivity contribution in [2.45, 2.75) is 0 Å². The number of benzene rings is 1. The second kappa shape index (κ2) is 6.15. The Morgan fingerprint density at radius 1 is 1.19 bits per heavy atom. The van der Waals surface area contributed by atoms with E-state index in [4.69, 9.17) is 0 Å². The zero-order valence-electron chi connectivity index (χ0n) is 11.0. The molecule has 5 nitrogen and oxygen atoms in total. The Bertz CT molecular complexity index is 794. The van der Waals surface area contributed by atoms with Crippen LogP contribution in [0.5, 0.6) is 0 Å². The highest BCUT2D eigenvalue weighted by Crippen LogP contribution is 2.15. The molecule has 0 saturated heterocycles. The molecule has 0 unspecified atom stereocenters. The third-order valence-corrected chi connectivity index (χ3v) is 3.52. The maximum absolute atomic E-state index is 11.7. The van der Waals surface area contributed by atoms with Gasteiger partial charge in [-0.25, -0.2) is 10.4 Å². The lowest BCUT2D eigenvalue weighted by molar-refractivity contribution is 1.09. The van der Waals surface area contributed by atoms with Gasteiger partial charge in [0.05, 0.1) is 11.9 Å². The van der Waals surface area contributed by atoms with Crippen LogP contribution in [0.4, 0.5) is 5.95 Å². The molecule has 0 aliphatic carbocycles. The van der Waals surface area contributed by atoms with Gasteiger partial charge in [0.25, 0.3) is 5.56 Å². The van der Waals surface area contributed by atoms with Gasteiger partial charge >= 0.3 is 0 Å². The first-order valence-corrected chi connectivity index (χ1v) is 7.18. The minimum absolute atomic E-state index is 0.224. The standard InChI is InChI=1S/C15H12N4OS/c20-14-9-13(11-5-2-1-3-6-11)17-15(18-14)19-16-10-12-7-4-8-21-12/h1-10H,(H2,17,18,19,20)/b16-10+. The van der Waals surface area contributed by atoms with Crippen molar-refractivity contribution < 1.29 is 0 Å². The molecule has 0 atom stereocenters. The molecule has 1 aromatic carbocycles. The Labute approximate surface area is 125 Å². The van der Waals surface area contributed by atoms with E-state index in [2.05, 4.69) is 20.5 Å². The van der Waals surface area contributed by atoms with Crippen LogP contribution in [0.3, 0.4) is 0 Å². The van der Waals surface area contributed by atoms with Gasteiger partial charge in [-0.15, -0.1) is 11.3 Å². The van der Waals surface area contributed by atoms with E-state index >= 15 is 0 Å². The first-order chi connectivity index (χ1) is 10.3. The van der Waals surface area contributed by atoms with Crippen molar-refractivity contribution in [3.8, 4) is 11.3 Å². The van der Waals surface area contributed by atoms with Crippen LogP contribution in [0, 0.1) is 0 Å². The highest BCUT2D eigenvalue weighted by Gasteiger charge is 2.02. The second-order valence-electron chi connectivity index (χ2n) is 4.23. The van der Waals surface area contributed by atoms with Crippen molar-refractivity contribution in [1.82, 2.24) is 9.97 Å². The third-order valence-electron chi connectivity index (χ3n) is 2.72. The van der Waals surface area contributed by atoms with Crippen LogP contribution in [-0.2, 0) is 0 Å². The number of aromatic amines is 1. The summed E-state index contributed by atoms with van der Waals surface area (Å²) in [7, 11) is 0. The number of hydrogen-bond donors (Lipinski definition) is 2. The summed E-state index contributed by atoms with van der Waals surface area (Å²) in [6, 6.07) is 14.9. The number of H-pyrrole nitrogens is 1. The van der Waals surface area contributed by atoms with Gasteiger partial charge in [0, 0.05) is 16.5 Å². The van der Waals surface area contributed by atoms with Crippen LogP contribution in [0.25, 0.3) is 11.3 Å². The number of nitrogens with one attached hydrogen (secondary N) is 2. The average molecular weight is 296 g/mol. The summed E-state index contributed by atoms with van der Waals surface area (Å²) in [5.41, 5.74) is 4.01. The highest BCUT2D eigenvalue weighted by atomic mass is 32.1. The number of aromatic nitrogens is 2. The van der Waals surface area contributed by atoms with Gasteiger partial charge in [-0.1, -0.05) is 36.4 Å². The molecule has 0 fully saturated rings. The SMILES string of the molecule is O=c1cc(-c2ccccc2)nc(N/N=C/c2cccs2)[nH]1. The molecular formula is C15H12N4OS. The monoisotopic (exact) mass is 296 g/mol. The third kappa shape index (κ3) is 3.43. The van der Waals surface area contributed by atoms with E-state index in [-0.39, 0.29) is 5.56 Å². The van der Waals surface area contributed by atoms with E-state index in [9.17, 15) is 4.79 Å². The molecule has 2 heterocycles. The Hall–Kier alpha value is -2.73. The fourth-order valence-corrected chi connectivity index (χ4v) is 2.37. The van der Waals surface area contributed by atoms with Crippen LogP contribution in [-0.4, -0.2) is 16.2 Å². The molecule has 0 aliphatic rings. The molecule has 21 heavy (non-hydrogen) atoms. The van der Waals surface area contributed by atoms with Crippen LogP contribution < -0.4 is 11.0 Å². The lowest BCUT2D eigenvalue weighted by atomic mass is 10.1. The molecule has 6 heteroatoms. The first kappa shape index (κ1) is 13.3. The van der Waals surface area contributed by atoms with Crippen LogP contribution in [0.15, 0.2) is 63.8 Å². The molecule has 3 aromatic rings. The maximum Gasteiger partial charge on any atom is 0.252 e. The van der Waals surface area contributed by atoms with Gasteiger partial charge in [0.1, 0.15) is 0 Å². The molecule has 0 radical (unpaired) electrons. The maximum atomic E-state index is 11.7. The van der Waals surface area contributed by atoms with Crippen LogP contribution in [0.1, 0.15) is 4.88 Å². The zero-order chi connectivity index (χ0) is 14.5. The molecule has 0 bridgehead atoms. The molecule has 104 valence electrons. The minimum atomic E-state index is -0.224. The van der Waals surface area contributed by atoms with Gasteiger partial charge in [0.15, 0.2) is 0 Å². The lowest BCUT2D eigenvalue weighted by Gasteiger charge is -2.03. The lowest BCUT2D eigenvalue weighted by Crippen LogP contribution is -2.10. The molecule has 2 N–H and O–H groups in total. The van der Waals surface area contributed by atoms with Gasteiger partial charge in [-0.3, -0.25) is 9.78 Å². The topological polar surface area (TPSA) is 70.1 Å². The molecule has 0 saturated carbocycles. The predicted octanol–water partition coefficient (Wildman–Crippen LogP) is 2.94. The van der Waals surface area contributed by atoms with Crippen molar-refractivity contribution in [2.24, 2.45) is 5.10 Å². The summed E-state index contributed by atoms with van der Waals surface area (Å²) >= 11 is 1.58. The van der Waals surface area contributed by atoms with Gasteiger partial charge in [-0.05, 0) is 11.4 Å². The predicted molar refractivity (Wildman–Crippen MR) is 85.8 cm³/mol. The van der Waals surface area contributed by atoms with Crippen molar-refractivity contribution in [3.05, 3.63) is 69.1 Å². The van der Waals surface area contributed by atoms with E-state index in [1.165, 1.54) is 6.07 Å². The number of rotatable bonds is 4. The fourth-order valence-electron chi connectivity index (χ4n) is 1.79. The van der Waals surface area contributed by atoms with E-state index in [0.29, 0.717) is 11.6 Å². The molecule has 0 aliphatic heterocycles. The number of anilines is 1. The Balaban J connectivity index is 1.83. The number of hydrogen-bond acceptors (Lipinski definition) is 5. The van der Waals surface area contributed by atoms with Gasteiger partial charge in [-0.2, -0.15) is 5.10 Å². The molecule has 0 amide bonds. The van der Waals surface area contributed by atoms with Gasteiger partial charge < -0.3 is 0 Å². The van der Waals surface area contributed by atoms with Crippen LogP contribution >= 0.6 is 11.3 Å². The summed E-state index contributed by atoms with van der Waals surface area (Å²) in [6.07, 6.45) is 1.68. The van der Waals surface area contributed by atoms with Crippen molar-refractivity contribution in [3.63, 3.8) is 0 Å². The molecule has 3 rings (SSSR count). The fraction of sp³-hybridized carbons (Fsp3) is 0. The van der Waals surface area contributed by atoms with E-state index in [1.807, 2.05) is 47.8 Å². The van der Waals surface area contributed by atoms with E-state index < -0.39 is 0 Å². The quantitative estimate of drug-likeness (QED) is 0.574. The summed E-state index contributed by atoms with van der Waals surface area (Å²) < 4.78 is 0. The number of thiophene rings is 1. The summed E-state index contributed by atoms with van der Waals surface area (Å²) in [6.45, 7) is 0. The average Bonchev–Trinajstić information content (AvgIpc) is 3.01. The van der Waals surface area contributed by atoms with Crippen molar-refractivity contribution in [1.29, 1.82) is 0 Å². The summed E-state index contributed by atoms with van der Waals surface area (Å²) in [4.78, 5) is 19.7. The van der Waals surface area contributed by atoms with E-state index in [1.54, 1.807) is 17.6 Å². The normalized spacial score (nSPS) is 10.9. The minimum Gasteiger partial charge on any atom is -0.291 e. The van der Waals surface area contributed by atoms with Gasteiger partial charge in [0.2, 0.25) is 5.95 Å². The Kier molecular flexibility index (Phi) is 3.88. The highest BCUT2D eigenvalue weighted by molar-refractivity contribution is 7.11. The Morgan fingerprint density at radius 2 is 2.05 bits per heavy atom. The molecular weight excluding hydrogens is 284 g/mol. The summed E-state index contributed by atoms with van der Waals surface area (Å²) in [5, 5.41) is 6.03.